The fourth-order valence-electron chi connectivity index (χ4n) is 2.54. The highest BCUT2D eigenvalue weighted by Crippen LogP contribution is 2.26. The summed E-state index contributed by atoms with van der Waals surface area (Å²) < 4.78 is 10.8. The molecule has 2 N–H and O–H groups in total. The van der Waals surface area contributed by atoms with Gasteiger partial charge in [-0.3, -0.25) is 9.59 Å². The molecule has 1 atom stereocenters. The molecule has 0 saturated heterocycles. The summed E-state index contributed by atoms with van der Waals surface area (Å²) in [7, 11) is 0. The molecule has 0 aliphatic rings. The maximum Gasteiger partial charge on any atom is 0.311 e. The Balaban J connectivity index is 2.21. The summed E-state index contributed by atoms with van der Waals surface area (Å²) in [6.07, 6.45) is 1.06. The van der Waals surface area contributed by atoms with Crippen LogP contribution in [0.1, 0.15) is 47.1 Å². The van der Waals surface area contributed by atoms with Crippen molar-refractivity contribution in [2.45, 2.75) is 33.2 Å². The third-order valence-electron chi connectivity index (χ3n) is 3.62. The van der Waals surface area contributed by atoms with Crippen LogP contribution in [0.3, 0.4) is 0 Å². The zero-order valence-electron chi connectivity index (χ0n) is 14.0. The molecule has 0 fully saturated rings. The second-order valence-electron chi connectivity index (χ2n) is 5.45. The molecule has 24 heavy (non-hydrogen) atoms. The molecule has 1 unspecified atom stereocenters. The number of para-hydroxylation sites is 1. The summed E-state index contributed by atoms with van der Waals surface area (Å²) >= 11 is 0. The van der Waals surface area contributed by atoms with Gasteiger partial charge < -0.3 is 19.6 Å². The van der Waals surface area contributed by atoms with Crippen LogP contribution in [0.4, 0.5) is 0 Å². The van der Waals surface area contributed by atoms with Crippen LogP contribution < -0.4 is 10.1 Å². The van der Waals surface area contributed by atoms with Crippen LogP contribution in [0.15, 0.2) is 34.9 Å². The molecule has 6 heteroatoms. The molecule has 0 radical (unpaired) electrons. The number of amides is 1. The zero-order valence-corrected chi connectivity index (χ0v) is 14.0. The molecule has 0 spiro atoms. The lowest BCUT2D eigenvalue weighted by molar-refractivity contribution is -0.136. The molecule has 2 aromatic rings. The minimum Gasteiger partial charge on any atom is -0.494 e. The molecule has 1 aromatic heterocycles. The third-order valence-corrected chi connectivity index (χ3v) is 3.62. The lowest BCUT2D eigenvalue weighted by Crippen LogP contribution is -2.28. The Hall–Kier alpha value is -2.76. The Morgan fingerprint density at radius 3 is 2.71 bits per heavy atom. The number of carbonyl (C=O) groups is 2. The van der Waals surface area contributed by atoms with E-state index in [1.54, 1.807) is 6.92 Å². The fraction of sp³-hybridized carbons (Fsp3) is 0.333. The first-order chi connectivity index (χ1) is 11.4. The van der Waals surface area contributed by atoms with Crippen molar-refractivity contribution in [3.63, 3.8) is 0 Å². The van der Waals surface area contributed by atoms with Crippen LogP contribution in [0, 0.1) is 6.92 Å². The van der Waals surface area contributed by atoms with E-state index in [1.807, 2.05) is 38.1 Å². The van der Waals surface area contributed by atoms with Gasteiger partial charge in [0.25, 0.3) is 5.91 Å². The van der Waals surface area contributed by atoms with Crippen molar-refractivity contribution >= 4 is 11.9 Å². The fourth-order valence-corrected chi connectivity index (χ4v) is 2.54. The Labute approximate surface area is 140 Å². The molecular weight excluding hydrogens is 310 g/mol. The van der Waals surface area contributed by atoms with Crippen LogP contribution in [-0.2, 0) is 11.2 Å². The molecule has 128 valence electrons. The number of ether oxygens (including phenoxy) is 1. The molecule has 6 nitrogen and oxygen atoms in total. The highest BCUT2D eigenvalue weighted by atomic mass is 16.5. The molecule has 1 heterocycles. The van der Waals surface area contributed by atoms with Gasteiger partial charge in [0.05, 0.1) is 24.5 Å². The summed E-state index contributed by atoms with van der Waals surface area (Å²) in [6.45, 7) is 5.99. The summed E-state index contributed by atoms with van der Waals surface area (Å²) in [5.41, 5.74) is 1.74. The van der Waals surface area contributed by atoms with E-state index in [-0.39, 0.29) is 29.7 Å². The highest BCUT2D eigenvalue weighted by Gasteiger charge is 2.22. The van der Waals surface area contributed by atoms with E-state index in [0.717, 1.165) is 5.56 Å². The van der Waals surface area contributed by atoms with Gasteiger partial charge >= 0.3 is 5.97 Å². The lowest BCUT2D eigenvalue weighted by atomic mass is 10.1. The van der Waals surface area contributed by atoms with Crippen molar-refractivity contribution in [3.05, 3.63) is 53.0 Å². The first kappa shape index (κ1) is 17.6. The molecule has 1 amide bonds. The lowest BCUT2D eigenvalue weighted by Gasteiger charge is -2.18. The van der Waals surface area contributed by atoms with Gasteiger partial charge in [-0.1, -0.05) is 18.2 Å². The van der Waals surface area contributed by atoms with Crippen LogP contribution in [-0.4, -0.2) is 23.6 Å². The van der Waals surface area contributed by atoms with Crippen LogP contribution in [0.25, 0.3) is 0 Å². The number of aliphatic carboxylic acids is 1. The van der Waals surface area contributed by atoms with Crippen LogP contribution in [0.2, 0.25) is 0 Å². The average molecular weight is 331 g/mol. The standard InChI is InChI=1S/C18H21NO5/c1-4-23-14-8-6-5-7-13(14)12(3)19-18(22)17-11(2)10-24-15(17)9-16(20)21/h5-8,10,12H,4,9H2,1-3H3,(H,19,22)(H,20,21). The van der Waals surface area contributed by atoms with Gasteiger partial charge in [0, 0.05) is 11.1 Å². The van der Waals surface area contributed by atoms with E-state index < -0.39 is 5.97 Å². The number of benzene rings is 1. The van der Waals surface area contributed by atoms with Crippen LogP contribution >= 0.6 is 0 Å². The Bertz CT molecular complexity index is 735. The number of carbonyl (C=O) groups excluding carboxylic acids is 1. The van der Waals surface area contributed by atoms with Crippen molar-refractivity contribution in [2.75, 3.05) is 6.61 Å². The topological polar surface area (TPSA) is 88.8 Å². The first-order valence-corrected chi connectivity index (χ1v) is 7.75. The Kier molecular flexibility index (Phi) is 5.63. The molecular formula is C18H21NO5. The van der Waals surface area contributed by atoms with Crippen LogP contribution in [0.5, 0.6) is 5.75 Å². The van der Waals surface area contributed by atoms with Gasteiger partial charge in [-0.25, -0.2) is 0 Å². The van der Waals surface area contributed by atoms with Crippen molar-refractivity contribution < 1.29 is 23.8 Å². The minimum atomic E-state index is -1.05. The number of hydrogen-bond acceptors (Lipinski definition) is 4. The van der Waals surface area contributed by atoms with E-state index in [0.29, 0.717) is 17.9 Å². The number of nitrogens with one attached hydrogen (secondary N) is 1. The molecule has 0 saturated carbocycles. The second-order valence-corrected chi connectivity index (χ2v) is 5.45. The van der Waals surface area contributed by atoms with Gasteiger partial charge in [0.1, 0.15) is 17.9 Å². The molecule has 0 aliphatic carbocycles. The van der Waals surface area contributed by atoms with E-state index >= 15 is 0 Å². The van der Waals surface area contributed by atoms with Gasteiger partial charge in [0.15, 0.2) is 0 Å². The van der Waals surface area contributed by atoms with Gasteiger partial charge in [-0.2, -0.15) is 0 Å². The second kappa shape index (κ2) is 7.68. The Morgan fingerprint density at radius 2 is 2.04 bits per heavy atom. The van der Waals surface area contributed by atoms with Crippen molar-refractivity contribution in [1.29, 1.82) is 0 Å². The highest BCUT2D eigenvalue weighted by molar-refractivity contribution is 5.97. The minimum absolute atomic E-state index is 0.155. The zero-order chi connectivity index (χ0) is 17.7. The molecule has 0 bridgehead atoms. The number of carboxylic acid groups (broad SMARTS) is 1. The smallest absolute Gasteiger partial charge is 0.311 e. The van der Waals surface area contributed by atoms with E-state index in [2.05, 4.69) is 5.32 Å². The monoisotopic (exact) mass is 331 g/mol. The third kappa shape index (κ3) is 3.95. The molecule has 2 rings (SSSR count). The number of hydrogen-bond donors (Lipinski definition) is 2. The normalized spacial score (nSPS) is 11.8. The van der Waals surface area contributed by atoms with E-state index in [1.165, 1.54) is 6.26 Å². The first-order valence-electron chi connectivity index (χ1n) is 7.75. The predicted octanol–water partition coefficient (Wildman–Crippen LogP) is 3.10. The number of furan rings is 1. The molecule has 1 aromatic carbocycles. The summed E-state index contributed by atoms with van der Waals surface area (Å²) in [6, 6.07) is 7.18. The van der Waals surface area contributed by atoms with Gasteiger partial charge in [-0.15, -0.1) is 0 Å². The van der Waals surface area contributed by atoms with Gasteiger partial charge in [-0.05, 0) is 26.8 Å². The predicted molar refractivity (Wildman–Crippen MR) is 88.3 cm³/mol. The quantitative estimate of drug-likeness (QED) is 0.814. The van der Waals surface area contributed by atoms with Crippen molar-refractivity contribution in [2.24, 2.45) is 0 Å². The van der Waals surface area contributed by atoms with Crippen molar-refractivity contribution in [3.8, 4) is 5.75 Å². The summed E-state index contributed by atoms with van der Waals surface area (Å²) in [4.78, 5) is 23.5. The molecule has 0 aliphatic heterocycles. The summed E-state index contributed by atoms with van der Waals surface area (Å²) in [5.74, 6) is -0.547. The largest absolute Gasteiger partial charge is 0.494 e. The maximum absolute atomic E-state index is 12.6. The maximum atomic E-state index is 12.6. The number of rotatable bonds is 7. The van der Waals surface area contributed by atoms with Crippen molar-refractivity contribution in [1.82, 2.24) is 5.32 Å². The van der Waals surface area contributed by atoms with Gasteiger partial charge in [0.2, 0.25) is 0 Å². The van der Waals surface area contributed by atoms with E-state index in [9.17, 15) is 9.59 Å². The summed E-state index contributed by atoms with van der Waals surface area (Å²) in [5, 5.41) is 11.8. The SMILES string of the molecule is CCOc1ccccc1C(C)NC(=O)c1c(C)coc1CC(=O)O. The number of carboxylic acids is 1. The average Bonchev–Trinajstić information content (AvgIpc) is 2.88. The Morgan fingerprint density at radius 1 is 1.33 bits per heavy atom. The number of aryl methyl sites for hydroxylation is 1. The van der Waals surface area contributed by atoms with E-state index in [4.69, 9.17) is 14.3 Å².